The van der Waals surface area contributed by atoms with E-state index in [1.807, 2.05) is 41.8 Å². The Morgan fingerprint density at radius 3 is 1.46 bits per heavy atom. The second-order valence-electron chi connectivity index (χ2n) is 14.0. The standard InChI is InChI=1S/C21H21Cl2N3O3S2.C20H18BrCl2N3O2S2/c1-29-17-4-2-3-15(12-17)11-16-14-30-21(24-16)25-7-9-26(10-8-25)31(27,28)18-5-6-19(22)20(23)13-18;21-15-3-1-2-14(10-15)11-16-13-29-20(24-16)25-6-8-26(9-7-25)30(27,28)17-4-5-18(22)19(23)12-17/h2-6,12-14H,7-11H2,1H3;1-5,10,12-13H,6-9,11H2. The van der Waals surface area contributed by atoms with E-state index < -0.39 is 20.0 Å². The van der Waals surface area contributed by atoms with Crippen LogP contribution in [0.1, 0.15) is 22.5 Å². The molecule has 11 nitrogen and oxygen atoms in total. The van der Waals surface area contributed by atoms with Crippen molar-refractivity contribution in [2.45, 2.75) is 22.6 Å². The molecule has 0 bridgehead atoms. The van der Waals surface area contributed by atoms with E-state index in [4.69, 9.17) is 61.1 Å². The van der Waals surface area contributed by atoms with E-state index in [0.717, 1.165) is 50.3 Å². The van der Waals surface area contributed by atoms with Crippen molar-refractivity contribution in [1.29, 1.82) is 0 Å². The van der Waals surface area contributed by atoms with E-state index in [-0.39, 0.29) is 19.8 Å². The number of aromatic nitrogens is 2. The molecule has 2 aliphatic heterocycles. The summed E-state index contributed by atoms with van der Waals surface area (Å²) in [5.41, 5.74) is 4.32. The summed E-state index contributed by atoms with van der Waals surface area (Å²) >= 11 is 30.5. The Kier molecular flexibility index (Phi) is 15.3. The Morgan fingerprint density at radius 1 is 0.590 bits per heavy atom. The van der Waals surface area contributed by atoms with Crippen LogP contribution >= 0.6 is 85.0 Å². The zero-order valence-electron chi connectivity index (χ0n) is 32.6. The van der Waals surface area contributed by atoms with Crippen LogP contribution in [0.2, 0.25) is 20.1 Å². The largest absolute Gasteiger partial charge is 0.497 e. The molecule has 0 atom stereocenters. The number of ether oxygens (including phenoxy) is 1. The van der Waals surface area contributed by atoms with Gasteiger partial charge in [0.05, 0.1) is 48.4 Å². The van der Waals surface area contributed by atoms with Gasteiger partial charge in [0.25, 0.3) is 0 Å². The molecule has 2 aromatic heterocycles. The predicted octanol–water partition coefficient (Wildman–Crippen LogP) is 9.87. The second-order valence-corrected chi connectivity index (χ2v) is 22.1. The van der Waals surface area contributed by atoms with E-state index in [9.17, 15) is 16.8 Å². The summed E-state index contributed by atoms with van der Waals surface area (Å²) in [6.45, 7) is 3.88. The number of benzene rings is 4. The number of rotatable bonds is 11. The molecule has 61 heavy (non-hydrogen) atoms. The third-order valence-corrected chi connectivity index (χ3v) is 17.6. The van der Waals surface area contributed by atoms with Gasteiger partial charge in [0.1, 0.15) is 5.75 Å². The maximum atomic E-state index is 12.9. The smallest absolute Gasteiger partial charge is 0.243 e. The Balaban J connectivity index is 0.000000184. The van der Waals surface area contributed by atoms with Crippen LogP contribution < -0.4 is 14.5 Å². The van der Waals surface area contributed by atoms with Crippen molar-refractivity contribution in [1.82, 2.24) is 18.6 Å². The lowest BCUT2D eigenvalue weighted by Crippen LogP contribution is -2.48. The number of thiazole rings is 2. The van der Waals surface area contributed by atoms with Crippen LogP contribution in [0.3, 0.4) is 0 Å². The highest BCUT2D eigenvalue weighted by molar-refractivity contribution is 9.10. The summed E-state index contributed by atoms with van der Waals surface area (Å²) in [6, 6.07) is 24.9. The Hall–Kier alpha value is -3.00. The third kappa shape index (κ3) is 11.4. The van der Waals surface area contributed by atoms with Crippen LogP contribution in [0.25, 0.3) is 0 Å². The van der Waals surface area contributed by atoms with Gasteiger partial charge in [0.15, 0.2) is 10.3 Å². The zero-order valence-corrected chi connectivity index (χ0v) is 40.4. The van der Waals surface area contributed by atoms with Crippen molar-refractivity contribution in [3.8, 4) is 5.75 Å². The van der Waals surface area contributed by atoms with Gasteiger partial charge in [-0.25, -0.2) is 26.8 Å². The minimum absolute atomic E-state index is 0.158. The van der Waals surface area contributed by atoms with Crippen molar-refractivity contribution in [2.24, 2.45) is 0 Å². The third-order valence-electron chi connectivity index (χ3n) is 9.95. The maximum absolute atomic E-state index is 12.9. The summed E-state index contributed by atoms with van der Waals surface area (Å²) in [7, 11) is -5.56. The fourth-order valence-corrected chi connectivity index (χ4v) is 12.5. The van der Waals surface area contributed by atoms with E-state index in [2.05, 4.69) is 43.2 Å². The SMILES string of the molecule is COc1cccc(Cc2csc(N3CCN(S(=O)(=O)c4ccc(Cl)c(Cl)c4)CC3)n2)c1.O=S(=O)(c1ccc(Cl)c(Cl)c1)N1CCN(c2nc(Cc3cccc(Br)c3)cs2)CC1. The molecule has 2 aliphatic rings. The van der Waals surface area contributed by atoms with Crippen LogP contribution in [0.4, 0.5) is 10.3 Å². The number of nitrogens with zero attached hydrogens (tertiary/aromatic N) is 6. The highest BCUT2D eigenvalue weighted by Crippen LogP contribution is 2.31. The van der Waals surface area contributed by atoms with E-state index in [1.54, 1.807) is 29.8 Å². The number of hydrogen-bond acceptors (Lipinski definition) is 11. The molecule has 20 heteroatoms. The number of halogens is 5. The Labute approximate surface area is 392 Å². The monoisotopic (exact) mass is 1040 g/mol. The molecule has 0 aliphatic carbocycles. The van der Waals surface area contributed by atoms with Crippen LogP contribution in [-0.2, 0) is 32.9 Å². The molecule has 0 N–H and O–H groups in total. The highest BCUT2D eigenvalue weighted by Gasteiger charge is 2.31. The van der Waals surface area contributed by atoms with E-state index in [1.165, 1.54) is 50.6 Å². The molecule has 6 aromatic rings. The van der Waals surface area contributed by atoms with Gasteiger partial charge >= 0.3 is 0 Å². The topological polar surface area (TPSA) is 116 Å². The van der Waals surface area contributed by atoms with Gasteiger partial charge in [-0.3, -0.25) is 0 Å². The first-order chi connectivity index (χ1) is 29.2. The molecule has 4 heterocycles. The van der Waals surface area contributed by atoms with Gasteiger partial charge < -0.3 is 14.5 Å². The lowest BCUT2D eigenvalue weighted by Gasteiger charge is -2.33. The predicted molar refractivity (Wildman–Crippen MR) is 252 cm³/mol. The minimum atomic E-state index is -3.61. The molecule has 2 saturated heterocycles. The normalized spacial score (nSPS) is 15.4. The van der Waals surface area contributed by atoms with Gasteiger partial charge in [-0.2, -0.15) is 8.61 Å². The van der Waals surface area contributed by atoms with Gasteiger partial charge in [-0.15, -0.1) is 22.7 Å². The van der Waals surface area contributed by atoms with Crippen LogP contribution in [0, 0.1) is 0 Å². The van der Waals surface area contributed by atoms with Crippen molar-refractivity contribution in [3.63, 3.8) is 0 Å². The molecule has 0 unspecified atom stereocenters. The number of sulfonamides is 2. The first kappa shape index (κ1) is 46.0. The van der Waals surface area contributed by atoms with Gasteiger partial charge in [0, 0.05) is 80.4 Å². The quantitative estimate of drug-likeness (QED) is 0.125. The first-order valence-electron chi connectivity index (χ1n) is 18.9. The van der Waals surface area contributed by atoms with Gasteiger partial charge in [0.2, 0.25) is 20.0 Å². The average Bonchev–Trinajstić information content (AvgIpc) is 3.93. The molecule has 0 amide bonds. The molecule has 0 spiro atoms. The molecular weight excluding hydrogens is 1010 g/mol. The van der Waals surface area contributed by atoms with Crippen molar-refractivity contribution < 1.29 is 21.6 Å². The molecule has 2 fully saturated rings. The minimum Gasteiger partial charge on any atom is -0.497 e. The maximum Gasteiger partial charge on any atom is 0.243 e. The van der Waals surface area contributed by atoms with E-state index in [0.29, 0.717) is 62.4 Å². The second kappa shape index (κ2) is 20.2. The van der Waals surface area contributed by atoms with E-state index >= 15 is 0 Å². The Bertz CT molecular complexity index is 2710. The van der Waals surface area contributed by atoms with Crippen molar-refractivity contribution in [2.75, 3.05) is 69.3 Å². The lowest BCUT2D eigenvalue weighted by atomic mass is 10.1. The Morgan fingerprint density at radius 2 is 1.03 bits per heavy atom. The molecule has 322 valence electrons. The average molecular weight is 1050 g/mol. The number of methoxy groups -OCH3 is 1. The highest BCUT2D eigenvalue weighted by atomic mass is 79.9. The lowest BCUT2D eigenvalue weighted by molar-refractivity contribution is 0.384. The molecule has 0 radical (unpaired) electrons. The number of anilines is 2. The van der Waals surface area contributed by atoms with Crippen LogP contribution in [-0.4, -0.2) is 94.9 Å². The first-order valence-corrected chi connectivity index (χ1v) is 25.8. The summed E-state index contributed by atoms with van der Waals surface area (Å²) < 4.78 is 61.0. The molecular formula is C41H39BrCl4N6O5S4. The molecule has 4 aromatic carbocycles. The van der Waals surface area contributed by atoms with Crippen LogP contribution in [0.15, 0.2) is 110 Å². The van der Waals surface area contributed by atoms with Crippen molar-refractivity contribution in [3.05, 3.63) is 143 Å². The molecule has 0 saturated carbocycles. The summed E-state index contributed by atoms with van der Waals surface area (Å²) in [6.07, 6.45) is 1.49. The number of hydrogen-bond donors (Lipinski definition) is 0. The zero-order chi connectivity index (χ0) is 43.3. The fourth-order valence-electron chi connectivity index (χ4n) is 6.71. The fraction of sp³-hybridized carbons (Fsp3) is 0.268. The van der Waals surface area contributed by atoms with Gasteiger partial charge in [-0.1, -0.05) is 86.6 Å². The van der Waals surface area contributed by atoms with Gasteiger partial charge in [-0.05, 0) is 71.8 Å². The summed E-state index contributed by atoms with van der Waals surface area (Å²) in [5, 5.41) is 7.07. The van der Waals surface area contributed by atoms with Crippen LogP contribution in [0.5, 0.6) is 5.75 Å². The number of piperazine rings is 2. The summed E-state index contributed by atoms with van der Waals surface area (Å²) in [4.78, 5) is 14.1. The molecule has 8 rings (SSSR count). The summed E-state index contributed by atoms with van der Waals surface area (Å²) in [5.74, 6) is 0.826. The van der Waals surface area contributed by atoms with Crippen molar-refractivity contribution >= 4 is 115 Å².